The number of nitrogens with one attached hydrogen (secondary N) is 1. The zero-order valence-corrected chi connectivity index (χ0v) is 12.4. The van der Waals surface area contributed by atoms with Crippen LogP contribution in [0.25, 0.3) is 11.0 Å². The Kier molecular flexibility index (Phi) is 4.22. The number of hydrogen-bond donors (Lipinski definition) is 1. The molecule has 1 amide bonds. The van der Waals surface area contributed by atoms with E-state index in [1.165, 1.54) is 13.0 Å². The van der Waals surface area contributed by atoms with E-state index in [0.717, 1.165) is 24.0 Å². The average Bonchev–Trinajstić information content (AvgIpc) is 2.47. The van der Waals surface area contributed by atoms with E-state index in [2.05, 4.69) is 10.2 Å². The highest BCUT2D eigenvalue weighted by molar-refractivity contribution is 5.92. The summed E-state index contributed by atoms with van der Waals surface area (Å²) < 4.78 is 10.6. The van der Waals surface area contributed by atoms with Gasteiger partial charge in [0, 0.05) is 49.8 Å². The fourth-order valence-electron chi connectivity index (χ4n) is 2.64. The van der Waals surface area contributed by atoms with Gasteiger partial charge in [-0.3, -0.25) is 9.69 Å². The van der Waals surface area contributed by atoms with Crippen LogP contribution in [-0.4, -0.2) is 37.1 Å². The van der Waals surface area contributed by atoms with Crippen molar-refractivity contribution in [2.24, 2.45) is 0 Å². The quantitative estimate of drug-likeness (QED) is 0.872. The predicted molar refractivity (Wildman–Crippen MR) is 82.9 cm³/mol. The third-order valence-corrected chi connectivity index (χ3v) is 3.65. The fraction of sp³-hybridized carbons (Fsp3) is 0.375. The van der Waals surface area contributed by atoms with Gasteiger partial charge in [0.05, 0.1) is 13.2 Å². The monoisotopic (exact) mass is 302 g/mol. The standard InChI is InChI=1S/C16H18N2O4/c1-11(19)17-13-2-3-14-12(8-16(20)22-15(14)9-13)10-18-4-6-21-7-5-18/h2-3,8-9H,4-7,10H2,1H3,(H,17,19). The lowest BCUT2D eigenvalue weighted by Gasteiger charge is -2.26. The summed E-state index contributed by atoms with van der Waals surface area (Å²) in [5.74, 6) is -0.161. The summed E-state index contributed by atoms with van der Waals surface area (Å²) in [5, 5.41) is 3.58. The minimum absolute atomic E-state index is 0.161. The molecule has 6 nitrogen and oxygen atoms in total. The first-order valence-electron chi connectivity index (χ1n) is 7.26. The molecule has 22 heavy (non-hydrogen) atoms. The number of morpholine rings is 1. The molecule has 2 heterocycles. The fourth-order valence-corrected chi connectivity index (χ4v) is 2.64. The first kappa shape index (κ1) is 14.7. The highest BCUT2D eigenvalue weighted by atomic mass is 16.5. The lowest BCUT2D eigenvalue weighted by Crippen LogP contribution is -2.35. The smallest absolute Gasteiger partial charge is 0.336 e. The molecule has 6 heteroatoms. The molecule has 0 unspecified atom stereocenters. The summed E-state index contributed by atoms with van der Waals surface area (Å²) >= 11 is 0. The second kappa shape index (κ2) is 6.29. The van der Waals surface area contributed by atoms with Crippen LogP contribution in [0.5, 0.6) is 0 Å². The Morgan fingerprint density at radius 2 is 2.05 bits per heavy atom. The zero-order chi connectivity index (χ0) is 15.5. The summed E-state index contributed by atoms with van der Waals surface area (Å²) in [4.78, 5) is 25.2. The van der Waals surface area contributed by atoms with E-state index in [0.29, 0.717) is 31.0 Å². The van der Waals surface area contributed by atoms with E-state index < -0.39 is 0 Å². The molecule has 0 aliphatic carbocycles. The summed E-state index contributed by atoms with van der Waals surface area (Å²) in [6.07, 6.45) is 0. The Labute approximate surface area is 127 Å². The van der Waals surface area contributed by atoms with Gasteiger partial charge in [0.25, 0.3) is 0 Å². The number of benzene rings is 1. The molecule has 1 aromatic heterocycles. The van der Waals surface area contributed by atoms with Gasteiger partial charge in [0.1, 0.15) is 5.58 Å². The third kappa shape index (κ3) is 3.35. The molecule has 2 aromatic rings. The first-order valence-corrected chi connectivity index (χ1v) is 7.26. The van der Waals surface area contributed by atoms with Gasteiger partial charge in [-0.1, -0.05) is 0 Å². The second-order valence-corrected chi connectivity index (χ2v) is 5.37. The van der Waals surface area contributed by atoms with Crippen molar-refractivity contribution >= 4 is 22.6 Å². The van der Waals surface area contributed by atoms with Crippen LogP contribution in [0.1, 0.15) is 12.5 Å². The highest BCUT2D eigenvalue weighted by Gasteiger charge is 2.14. The van der Waals surface area contributed by atoms with Crippen molar-refractivity contribution in [2.45, 2.75) is 13.5 Å². The van der Waals surface area contributed by atoms with Crippen LogP contribution in [0.2, 0.25) is 0 Å². The molecule has 1 fully saturated rings. The topological polar surface area (TPSA) is 71.8 Å². The summed E-state index contributed by atoms with van der Waals surface area (Å²) in [6, 6.07) is 6.91. The highest BCUT2D eigenvalue weighted by Crippen LogP contribution is 2.22. The van der Waals surface area contributed by atoms with Gasteiger partial charge in [0.15, 0.2) is 0 Å². The van der Waals surface area contributed by atoms with E-state index in [-0.39, 0.29) is 11.5 Å². The number of hydrogen-bond acceptors (Lipinski definition) is 5. The number of anilines is 1. The van der Waals surface area contributed by atoms with Gasteiger partial charge in [0.2, 0.25) is 5.91 Å². The van der Waals surface area contributed by atoms with E-state index >= 15 is 0 Å². The summed E-state index contributed by atoms with van der Waals surface area (Å²) in [7, 11) is 0. The van der Waals surface area contributed by atoms with Crippen LogP contribution in [0.4, 0.5) is 5.69 Å². The number of fused-ring (bicyclic) bond motifs is 1. The lowest BCUT2D eigenvalue weighted by molar-refractivity contribution is -0.114. The van der Waals surface area contributed by atoms with Gasteiger partial charge >= 0.3 is 5.63 Å². The Hall–Kier alpha value is -2.18. The number of rotatable bonds is 3. The van der Waals surface area contributed by atoms with Crippen molar-refractivity contribution in [3.8, 4) is 0 Å². The molecule has 1 saturated heterocycles. The summed E-state index contributed by atoms with van der Waals surface area (Å²) in [6.45, 7) is 5.26. The van der Waals surface area contributed by atoms with Crippen LogP contribution in [-0.2, 0) is 16.1 Å². The number of ether oxygens (including phenoxy) is 1. The SMILES string of the molecule is CC(=O)Nc1ccc2c(CN3CCOCC3)cc(=O)oc2c1. The van der Waals surface area contributed by atoms with Gasteiger partial charge in [-0.15, -0.1) is 0 Å². The van der Waals surface area contributed by atoms with Gasteiger partial charge in [-0.05, 0) is 17.7 Å². The molecule has 0 radical (unpaired) electrons. The van der Waals surface area contributed by atoms with Crippen LogP contribution in [0.3, 0.4) is 0 Å². The molecule has 1 aliphatic heterocycles. The van der Waals surface area contributed by atoms with Crippen LogP contribution in [0, 0.1) is 0 Å². The van der Waals surface area contributed by atoms with E-state index in [9.17, 15) is 9.59 Å². The molecular weight excluding hydrogens is 284 g/mol. The van der Waals surface area contributed by atoms with Crippen molar-refractivity contribution in [1.29, 1.82) is 0 Å². The Morgan fingerprint density at radius 3 is 2.77 bits per heavy atom. The van der Waals surface area contributed by atoms with Crippen molar-refractivity contribution in [3.63, 3.8) is 0 Å². The molecule has 1 aromatic carbocycles. The number of carbonyl (C=O) groups is 1. The lowest BCUT2D eigenvalue weighted by atomic mass is 10.1. The van der Waals surface area contributed by atoms with Crippen LogP contribution in [0.15, 0.2) is 33.5 Å². The minimum Gasteiger partial charge on any atom is -0.423 e. The second-order valence-electron chi connectivity index (χ2n) is 5.37. The third-order valence-electron chi connectivity index (χ3n) is 3.65. The molecule has 116 valence electrons. The van der Waals surface area contributed by atoms with Crippen molar-refractivity contribution in [1.82, 2.24) is 4.90 Å². The average molecular weight is 302 g/mol. The molecule has 1 N–H and O–H groups in total. The van der Waals surface area contributed by atoms with Crippen molar-refractivity contribution < 1.29 is 13.9 Å². The molecule has 0 bridgehead atoms. The maximum absolute atomic E-state index is 11.8. The maximum atomic E-state index is 11.8. The molecule has 0 spiro atoms. The maximum Gasteiger partial charge on any atom is 0.336 e. The summed E-state index contributed by atoms with van der Waals surface area (Å²) in [5.41, 5.74) is 1.66. The molecule has 1 aliphatic rings. The molecule has 0 atom stereocenters. The Morgan fingerprint density at radius 1 is 1.27 bits per heavy atom. The Balaban J connectivity index is 1.95. The van der Waals surface area contributed by atoms with Gasteiger partial charge < -0.3 is 14.5 Å². The van der Waals surface area contributed by atoms with Gasteiger partial charge in [-0.25, -0.2) is 4.79 Å². The van der Waals surface area contributed by atoms with Gasteiger partial charge in [-0.2, -0.15) is 0 Å². The van der Waals surface area contributed by atoms with Crippen LogP contribution >= 0.6 is 0 Å². The van der Waals surface area contributed by atoms with Crippen molar-refractivity contribution in [3.05, 3.63) is 40.2 Å². The van der Waals surface area contributed by atoms with Crippen LogP contribution < -0.4 is 10.9 Å². The number of carbonyl (C=O) groups excluding carboxylic acids is 1. The number of nitrogens with zero attached hydrogens (tertiary/aromatic N) is 1. The predicted octanol–water partition coefficient (Wildman–Crippen LogP) is 1.58. The molecular formula is C16H18N2O4. The minimum atomic E-state index is -0.379. The van der Waals surface area contributed by atoms with E-state index in [1.807, 2.05) is 12.1 Å². The van der Waals surface area contributed by atoms with E-state index in [4.69, 9.17) is 9.15 Å². The largest absolute Gasteiger partial charge is 0.423 e. The van der Waals surface area contributed by atoms with Crippen molar-refractivity contribution in [2.75, 3.05) is 31.6 Å². The normalized spacial score (nSPS) is 15.9. The Bertz CT molecular complexity index is 747. The first-order chi connectivity index (χ1) is 10.6. The molecule has 0 saturated carbocycles. The van der Waals surface area contributed by atoms with E-state index in [1.54, 1.807) is 6.07 Å². The molecule has 3 rings (SSSR count). The zero-order valence-electron chi connectivity index (χ0n) is 12.4. The number of amides is 1.